The first-order chi connectivity index (χ1) is 8.20. The Balaban J connectivity index is 3.13. The summed E-state index contributed by atoms with van der Waals surface area (Å²) < 4.78 is 10.1. The molecule has 7 heteroatoms. The van der Waals surface area contributed by atoms with Gasteiger partial charge >= 0.3 is 0 Å². The Bertz CT molecular complexity index is 223. The molecule has 0 saturated heterocycles. The summed E-state index contributed by atoms with van der Waals surface area (Å²) in [6.07, 6.45) is 0.106. The van der Waals surface area contributed by atoms with E-state index >= 15 is 0 Å². The van der Waals surface area contributed by atoms with Crippen molar-refractivity contribution in [1.29, 1.82) is 0 Å². The highest BCUT2D eigenvalue weighted by Gasteiger charge is 1.99. The first kappa shape index (κ1) is 15.8. The number of carbonyl (C=O) groups excluding carboxylic acids is 2. The van der Waals surface area contributed by atoms with Crippen LogP contribution in [0, 0.1) is 0 Å². The van der Waals surface area contributed by atoms with Crippen LogP contribution in [0.5, 0.6) is 0 Å². The summed E-state index contributed by atoms with van der Waals surface area (Å²) in [5.74, 6) is -0.381. The van der Waals surface area contributed by atoms with Gasteiger partial charge in [-0.3, -0.25) is 9.59 Å². The van der Waals surface area contributed by atoms with Crippen molar-refractivity contribution in [3.05, 3.63) is 0 Å². The average molecular weight is 248 g/mol. The molecule has 0 spiro atoms. The molecule has 0 aliphatic rings. The van der Waals surface area contributed by atoms with Gasteiger partial charge in [-0.2, -0.15) is 0 Å². The molecule has 0 aliphatic carbocycles. The van der Waals surface area contributed by atoms with Gasteiger partial charge in [0.2, 0.25) is 11.8 Å². The number of aliphatic hydroxyl groups is 1. The second-order valence-electron chi connectivity index (χ2n) is 3.16. The van der Waals surface area contributed by atoms with Gasteiger partial charge in [0.1, 0.15) is 6.61 Å². The number of rotatable bonds is 10. The molecule has 17 heavy (non-hydrogen) atoms. The molecule has 0 aromatic rings. The Kier molecular flexibility index (Phi) is 10.5. The molecule has 2 amide bonds. The predicted molar refractivity (Wildman–Crippen MR) is 60.4 cm³/mol. The van der Waals surface area contributed by atoms with Crippen molar-refractivity contribution < 1.29 is 24.2 Å². The second kappa shape index (κ2) is 11.3. The number of hydrogen-bond donors (Lipinski definition) is 3. The molecular weight excluding hydrogens is 228 g/mol. The van der Waals surface area contributed by atoms with E-state index in [-0.39, 0.29) is 31.4 Å². The first-order valence-corrected chi connectivity index (χ1v) is 5.44. The minimum Gasteiger partial charge on any atom is -0.396 e. The quantitative estimate of drug-likeness (QED) is 0.399. The van der Waals surface area contributed by atoms with Crippen LogP contribution < -0.4 is 10.6 Å². The molecule has 0 rings (SSSR count). The highest BCUT2D eigenvalue weighted by Crippen LogP contribution is 1.80. The third-order valence-electron chi connectivity index (χ3n) is 1.79. The molecule has 0 saturated carbocycles. The van der Waals surface area contributed by atoms with Gasteiger partial charge in [0.05, 0.1) is 26.4 Å². The van der Waals surface area contributed by atoms with E-state index < -0.39 is 0 Å². The fourth-order valence-electron chi connectivity index (χ4n) is 0.910. The molecule has 100 valence electrons. The van der Waals surface area contributed by atoms with E-state index in [1.807, 2.05) is 0 Å². The van der Waals surface area contributed by atoms with Gasteiger partial charge in [0, 0.05) is 20.0 Å². The fourth-order valence-corrected chi connectivity index (χ4v) is 0.910. The lowest BCUT2D eigenvalue weighted by atomic mass is 10.4. The van der Waals surface area contributed by atoms with Crippen LogP contribution in [0.1, 0.15) is 6.42 Å². The lowest BCUT2D eigenvalue weighted by Crippen LogP contribution is -2.28. The van der Waals surface area contributed by atoms with Crippen molar-refractivity contribution in [2.24, 2.45) is 0 Å². The summed E-state index contributed by atoms with van der Waals surface area (Å²) in [5, 5.41) is 13.5. The number of likely N-dealkylation sites (N-methyl/N-ethyl adjacent to an activating group) is 1. The Morgan fingerprint density at radius 1 is 1.12 bits per heavy atom. The van der Waals surface area contributed by atoms with Crippen LogP contribution in [0.4, 0.5) is 0 Å². The molecule has 0 heterocycles. The molecule has 0 aromatic heterocycles. The Morgan fingerprint density at radius 2 is 1.82 bits per heavy atom. The zero-order valence-corrected chi connectivity index (χ0v) is 10.0. The van der Waals surface area contributed by atoms with E-state index in [2.05, 4.69) is 10.6 Å². The fraction of sp³-hybridized carbons (Fsp3) is 0.800. The standard InChI is InChI=1S/C10H20N2O5/c1-11-10(15)8-17-7-6-16-5-3-12-9(14)2-4-13/h13H,2-8H2,1H3,(H,11,15)(H,12,14). The Labute approximate surface area is 100 Å². The van der Waals surface area contributed by atoms with Crippen LogP contribution in [-0.4, -0.2) is 63.5 Å². The van der Waals surface area contributed by atoms with Crippen molar-refractivity contribution >= 4 is 11.8 Å². The first-order valence-electron chi connectivity index (χ1n) is 5.44. The van der Waals surface area contributed by atoms with Crippen LogP contribution in [0.25, 0.3) is 0 Å². The smallest absolute Gasteiger partial charge is 0.245 e. The minimum absolute atomic E-state index is 0.0209. The molecule has 0 atom stereocenters. The molecule has 7 nitrogen and oxygen atoms in total. The van der Waals surface area contributed by atoms with E-state index in [1.165, 1.54) is 7.05 Å². The number of carbonyl (C=O) groups is 2. The van der Waals surface area contributed by atoms with Gasteiger partial charge in [-0.15, -0.1) is 0 Å². The van der Waals surface area contributed by atoms with Crippen molar-refractivity contribution in [3.63, 3.8) is 0 Å². The van der Waals surface area contributed by atoms with Gasteiger partial charge in [-0.25, -0.2) is 0 Å². The van der Waals surface area contributed by atoms with Crippen LogP contribution in [0.3, 0.4) is 0 Å². The third-order valence-corrected chi connectivity index (χ3v) is 1.79. The summed E-state index contributed by atoms with van der Waals surface area (Å²) in [6, 6.07) is 0. The van der Waals surface area contributed by atoms with Gasteiger partial charge in [0.15, 0.2) is 0 Å². The van der Waals surface area contributed by atoms with E-state index in [0.29, 0.717) is 26.4 Å². The number of ether oxygens (including phenoxy) is 2. The zero-order valence-electron chi connectivity index (χ0n) is 10.0. The molecule has 3 N–H and O–H groups in total. The van der Waals surface area contributed by atoms with Crippen molar-refractivity contribution in [3.8, 4) is 0 Å². The van der Waals surface area contributed by atoms with E-state index in [0.717, 1.165) is 0 Å². The Hall–Kier alpha value is -1.18. The van der Waals surface area contributed by atoms with Crippen LogP contribution in [0.15, 0.2) is 0 Å². The van der Waals surface area contributed by atoms with Crippen molar-refractivity contribution in [2.45, 2.75) is 6.42 Å². The lowest BCUT2D eigenvalue weighted by Gasteiger charge is -2.06. The van der Waals surface area contributed by atoms with Crippen molar-refractivity contribution in [2.75, 3.05) is 46.6 Å². The van der Waals surface area contributed by atoms with Gasteiger partial charge < -0.3 is 25.2 Å². The maximum Gasteiger partial charge on any atom is 0.245 e. The summed E-state index contributed by atoms with van der Waals surface area (Å²) >= 11 is 0. The molecule has 0 bridgehead atoms. The third kappa shape index (κ3) is 11.1. The lowest BCUT2D eigenvalue weighted by molar-refractivity contribution is -0.126. The summed E-state index contributed by atoms with van der Waals surface area (Å²) in [5.41, 5.74) is 0. The number of nitrogens with one attached hydrogen (secondary N) is 2. The largest absolute Gasteiger partial charge is 0.396 e. The SMILES string of the molecule is CNC(=O)COCCOCCNC(=O)CCO. The molecule has 0 unspecified atom stereocenters. The van der Waals surface area contributed by atoms with Crippen molar-refractivity contribution in [1.82, 2.24) is 10.6 Å². The van der Waals surface area contributed by atoms with Crippen LogP contribution >= 0.6 is 0 Å². The highest BCUT2D eigenvalue weighted by molar-refractivity contribution is 5.76. The van der Waals surface area contributed by atoms with Crippen LogP contribution in [0.2, 0.25) is 0 Å². The Morgan fingerprint density at radius 3 is 2.47 bits per heavy atom. The molecule has 0 fully saturated rings. The van der Waals surface area contributed by atoms with E-state index in [9.17, 15) is 9.59 Å². The minimum atomic E-state index is -0.202. The summed E-state index contributed by atoms with van der Waals surface area (Å²) in [7, 11) is 1.54. The number of amides is 2. The summed E-state index contributed by atoms with van der Waals surface area (Å²) in [6.45, 7) is 1.34. The molecule has 0 aliphatic heterocycles. The van der Waals surface area contributed by atoms with Gasteiger partial charge in [-0.05, 0) is 0 Å². The molecule has 0 aromatic carbocycles. The van der Waals surface area contributed by atoms with Gasteiger partial charge in [-0.1, -0.05) is 0 Å². The molecule has 0 radical (unpaired) electrons. The molecular formula is C10H20N2O5. The number of hydrogen-bond acceptors (Lipinski definition) is 5. The number of aliphatic hydroxyl groups excluding tert-OH is 1. The monoisotopic (exact) mass is 248 g/mol. The normalized spacial score (nSPS) is 10.0. The predicted octanol–water partition coefficient (Wildman–Crippen LogP) is -1.74. The second-order valence-corrected chi connectivity index (χ2v) is 3.16. The van der Waals surface area contributed by atoms with Gasteiger partial charge in [0.25, 0.3) is 0 Å². The van der Waals surface area contributed by atoms with Crippen LogP contribution in [-0.2, 0) is 19.1 Å². The maximum atomic E-state index is 10.9. The van der Waals surface area contributed by atoms with E-state index in [4.69, 9.17) is 14.6 Å². The zero-order chi connectivity index (χ0) is 12.9. The average Bonchev–Trinajstić information content (AvgIpc) is 2.32. The topological polar surface area (TPSA) is 96.9 Å². The highest BCUT2D eigenvalue weighted by atomic mass is 16.5. The summed E-state index contributed by atoms with van der Waals surface area (Å²) in [4.78, 5) is 21.6. The maximum absolute atomic E-state index is 10.9. The van der Waals surface area contributed by atoms with E-state index in [1.54, 1.807) is 0 Å².